The molecule has 9 heteroatoms. The number of quaternary nitrogens is 1. The molecule has 454 valence electrons. The van der Waals surface area contributed by atoms with Gasteiger partial charge in [0.2, 0.25) is 5.91 Å². The molecular weight excluding hydrogens is 972 g/mol. The summed E-state index contributed by atoms with van der Waals surface area (Å²) in [5.74, 6) is -0.207. The number of phosphoric ester groups is 1. The zero-order chi connectivity index (χ0) is 56.3. The first-order valence-corrected chi connectivity index (χ1v) is 35.0. The van der Waals surface area contributed by atoms with Crippen LogP contribution in [-0.2, 0) is 18.4 Å². The van der Waals surface area contributed by atoms with Crippen LogP contribution in [0.15, 0.2) is 48.6 Å². The van der Waals surface area contributed by atoms with Crippen LogP contribution in [0.25, 0.3) is 0 Å². The Kier molecular flexibility index (Phi) is 57.9. The molecule has 3 atom stereocenters. The van der Waals surface area contributed by atoms with Crippen molar-refractivity contribution >= 4 is 13.7 Å². The van der Waals surface area contributed by atoms with Gasteiger partial charge in [-0.15, -0.1) is 0 Å². The Balaban J connectivity index is 4.13. The van der Waals surface area contributed by atoms with Gasteiger partial charge < -0.3 is 28.8 Å². The molecule has 0 aromatic carbocycles. The average molecular weight is 1100 g/mol. The summed E-state index contributed by atoms with van der Waals surface area (Å²) >= 11 is 0. The van der Waals surface area contributed by atoms with E-state index in [1.807, 2.05) is 27.2 Å². The summed E-state index contributed by atoms with van der Waals surface area (Å²) in [5.41, 5.74) is 0. The monoisotopic (exact) mass is 1100 g/mol. The third-order valence-corrected chi connectivity index (χ3v) is 16.2. The maximum Gasteiger partial charge on any atom is 0.268 e. The Morgan fingerprint density at radius 1 is 0.442 bits per heavy atom. The van der Waals surface area contributed by atoms with Crippen LogP contribution in [-0.4, -0.2) is 68.5 Å². The number of amides is 1. The van der Waals surface area contributed by atoms with Gasteiger partial charge in [-0.25, -0.2) is 0 Å². The molecule has 0 aliphatic carbocycles. The first-order valence-electron chi connectivity index (χ1n) is 33.5. The van der Waals surface area contributed by atoms with Gasteiger partial charge in [0.15, 0.2) is 0 Å². The SMILES string of the molecule is CCCCCCCCCCCCCC/C=C\CCCCCCCCCCCCCCCCCC(=O)NC(COP(=O)([O-])OCC[N+](C)(C)C)C(O)/C=C/CC/C=C/CC/C=C/CCCCCCCCCCCCCCCC. The van der Waals surface area contributed by atoms with Crippen LogP contribution in [0.5, 0.6) is 0 Å². The highest BCUT2D eigenvalue weighted by molar-refractivity contribution is 7.45. The lowest BCUT2D eigenvalue weighted by Crippen LogP contribution is -2.45. The number of unbranched alkanes of at least 4 members (excludes halogenated alkanes) is 43. The number of carbonyl (C=O) groups excluding carboxylic acids is 1. The van der Waals surface area contributed by atoms with E-state index in [-0.39, 0.29) is 12.5 Å². The molecular formula is C68H131N2O6P. The van der Waals surface area contributed by atoms with Gasteiger partial charge in [0, 0.05) is 6.42 Å². The number of hydrogen-bond acceptors (Lipinski definition) is 6. The third kappa shape index (κ3) is 61.9. The molecule has 77 heavy (non-hydrogen) atoms. The lowest BCUT2D eigenvalue weighted by atomic mass is 10.0. The van der Waals surface area contributed by atoms with Gasteiger partial charge >= 0.3 is 0 Å². The molecule has 0 bridgehead atoms. The molecule has 1 amide bonds. The molecule has 0 aromatic heterocycles. The average Bonchev–Trinajstić information content (AvgIpc) is 3.39. The highest BCUT2D eigenvalue weighted by Gasteiger charge is 2.23. The molecule has 0 saturated carbocycles. The standard InChI is InChI=1S/C68H131N2O6P/c1-6-8-10-12-14-16-18-20-22-24-26-28-30-32-33-34-35-36-37-38-40-42-44-46-48-50-52-54-56-58-60-62-68(72)69-66(65-76-77(73,74)75-64-63-70(3,4)5)67(71)61-59-57-55-53-51-49-47-45-43-41-39-31-29-27-25-23-21-19-17-15-13-11-9-7-2/h32-33,43,45,51,53,59,61,66-67,71H,6-31,34-42,44,46-50,52,54-58,60,62-65H2,1-5H3,(H-,69,72,73,74)/b33-32-,45-43+,53-51+,61-59+. The van der Waals surface area contributed by atoms with Crippen molar-refractivity contribution in [3.8, 4) is 0 Å². The van der Waals surface area contributed by atoms with E-state index in [2.05, 4.69) is 55.6 Å². The first kappa shape index (κ1) is 75.5. The first-order chi connectivity index (χ1) is 37.5. The number of aliphatic hydroxyl groups is 1. The second-order valence-corrected chi connectivity index (χ2v) is 25.6. The van der Waals surface area contributed by atoms with Crippen molar-refractivity contribution in [2.75, 3.05) is 40.9 Å². The Morgan fingerprint density at radius 3 is 1.05 bits per heavy atom. The van der Waals surface area contributed by atoms with Crippen molar-refractivity contribution in [2.45, 2.75) is 341 Å². The number of allylic oxidation sites excluding steroid dienone is 7. The molecule has 0 spiro atoms. The Morgan fingerprint density at radius 2 is 0.727 bits per heavy atom. The van der Waals surface area contributed by atoms with Crippen molar-refractivity contribution in [1.82, 2.24) is 5.32 Å². The minimum Gasteiger partial charge on any atom is -0.756 e. The van der Waals surface area contributed by atoms with Crippen LogP contribution in [0, 0.1) is 0 Å². The summed E-state index contributed by atoms with van der Waals surface area (Å²) in [7, 11) is 1.24. The number of phosphoric acid groups is 1. The minimum atomic E-state index is -4.61. The Hall–Kier alpha value is -1.54. The van der Waals surface area contributed by atoms with Crippen LogP contribution in [0.2, 0.25) is 0 Å². The van der Waals surface area contributed by atoms with Crippen LogP contribution in [0.4, 0.5) is 0 Å². The summed E-state index contributed by atoms with van der Waals surface area (Å²) in [6.07, 6.45) is 79.4. The Bertz CT molecular complexity index is 1390. The second kappa shape index (κ2) is 59.1. The molecule has 3 unspecified atom stereocenters. The second-order valence-electron chi connectivity index (χ2n) is 24.2. The summed E-state index contributed by atoms with van der Waals surface area (Å²) < 4.78 is 23.4. The maximum atomic E-state index is 13.0. The van der Waals surface area contributed by atoms with Gasteiger partial charge in [-0.1, -0.05) is 300 Å². The number of nitrogens with zero attached hydrogens (tertiary/aromatic N) is 1. The minimum absolute atomic E-state index is 0.00857. The number of rotatable bonds is 62. The predicted octanol–water partition coefficient (Wildman–Crippen LogP) is 20.4. The van der Waals surface area contributed by atoms with Crippen LogP contribution >= 0.6 is 7.82 Å². The number of nitrogens with one attached hydrogen (secondary N) is 1. The van der Waals surface area contributed by atoms with E-state index in [0.717, 1.165) is 44.9 Å². The molecule has 8 nitrogen and oxygen atoms in total. The van der Waals surface area contributed by atoms with Crippen LogP contribution < -0.4 is 10.2 Å². The maximum absolute atomic E-state index is 13.0. The zero-order valence-corrected chi connectivity index (χ0v) is 52.8. The Labute approximate surface area is 479 Å². The van der Waals surface area contributed by atoms with E-state index in [4.69, 9.17) is 9.05 Å². The molecule has 0 aliphatic heterocycles. The fourth-order valence-corrected chi connectivity index (χ4v) is 10.7. The number of likely N-dealkylation sites (N-methyl/N-ethyl adjacent to an activating group) is 1. The molecule has 0 heterocycles. The molecule has 0 fully saturated rings. The highest BCUT2D eigenvalue weighted by Crippen LogP contribution is 2.38. The predicted molar refractivity (Wildman–Crippen MR) is 334 cm³/mol. The smallest absolute Gasteiger partial charge is 0.268 e. The third-order valence-electron chi connectivity index (χ3n) is 15.2. The van der Waals surface area contributed by atoms with Gasteiger partial charge in [-0.3, -0.25) is 9.36 Å². The molecule has 0 aliphatic rings. The summed E-state index contributed by atoms with van der Waals surface area (Å²) in [4.78, 5) is 25.6. The van der Waals surface area contributed by atoms with E-state index in [9.17, 15) is 19.4 Å². The molecule has 0 rings (SSSR count). The van der Waals surface area contributed by atoms with Gasteiger partial charge in [0.25, 0.3) is 7.82 Å². The lowest BCUT2D eigenvalue weighted by molar-refractivity contribution is -0.870. The van der Waals surface area contributed by atoms with Crippen LogP contribution in [0.3, 0.4) is 0 Å². The highest BCUT2D eigenvalue weighted by atomic mass is 31.2. The molecule has 0 aromatic rings. The molecule has 0 saturated heterocycles. The topological polar surface area (TPSA) is 108 Å². The van der Waals surface area contributed by atoms with Crippen LogP contribution in [0.1, 0.15) is 328 Å². The number of carbonyl (C=O) groups is 1. The summed E-state index contributed by atoms with van der Waals surface area (Å²) in [6, 6.07) is -0.911. The normalized spacial score (nSPS) is 14.0. The van der Waals surface area contributed by atoms with Gasteiger partial charge in [0.05, 0.1) is 39.9 Å². The fourth-order valence-electron chi connectivity index (χ4n) is 10.0. The van der Waals surface area contributed by atoms with Crippen molar-refractivity contribution in [3.63, 3.8) is 0 Å². The van der Waals surface area contributed by atoms with Gasteiger partial charge in [-0.2, -0.15) is 0 Å². The van der Waals surface area contributed by atoms with E-state index >= 15 is 0 Å². The van der Waals surface area contributed by atoms with E-state index in [1.165, 1.54) is 263 Å². The van der Waals surface area contributed by atoms with Gasteiger partial charge in [-0.05, 0) is 70.6 Å². The molecule has 0 radical (unpaired) electrons. The summed E-state index contributed by atoms with van der Waals surface area (Å²) in [6.45, 7) is 4.67. The van der Waals surface area contributed by atoms with Crippen molar-refractivity contribution in [3.05, 3.63) is 48.6 Å². The largest absolute Gasteiger partial charge is 0.756 e. The van der Waals surface area contributed by atoms with E-state index in [0.29, 0.717) is 17.4 Å². The molecule has 2 N–H and O–H groups in total. The zero-order valence-electron chi connectivity index (χ0n) is 51.9. The summed E-state index contributed by atoms with van der Waals surface area (Å²) in [5, 5.41) is 13.9. The van der Waals surface area contributed by atoms with Gasteiger partial charge in [0.1, 0.15) is 13.2 Å². The quantitative estimate of drug-likeness (QED) is 0.0272. The number of aliphatic hydroxyl groups excluding tert-OH is 1. The van der Waals surface area contributed by atoms with Crippen molar-refractivity contribution in [1.29, 1.82) is 0 Å². The van der Waals surface area contributed by atoms with E-state index < -0.39 is 26.6 Å². The van der Waals surface area contributed by atoms with E-state index in [1.54, 1.807) is 6.08 Å². The fraction of sp³-hybridized carbons (Fsp3) is 0.868. The van der Waals surface area contributed by atoms with Crippen molar-refractivity contribution < 1.29 is 32.9 Å². The number of hydrogen-bond donors (Lipinski definition) is 2. The lowest BCUT2D eigenvalue weighted by Gasteiger charge is -2.29. The van der Waals surface area contributed by atoms with Crippen molar-refractivity contribution in [2.24, 2.45) is 0 Å².